The van der Waals surface area contributed by atoms with E-state index in [-0.39, 0.29) is 31.0 Å². The number of aliphatic hydroxyl groups is 1. The van der Waals surface area contributed by atoms with Gasteiger partial charge in [-0.25, -0.2) is 8.78 Å². The molecule has 7 heteroatoms. The smallest absolute Gasteiger partial charge is 0.255 e. The molecule has 2 amide bonds. The number of rotatable bonds is 5. The molecule has 1 aliphatic rings. The van der Waals surface area contributed by atoms with Crippen molar-refractivity contribution in [2.75, 3.05) is 25.0 Å². The van der Waals surface area contributed by atoms with Crippen molar-refractivity contribution in [2.45, 2.75) is 12.8 Å². The van der Waals surface area contributed by atoms with Gasteiger partial charge in [-0.15, -0.1) is 0 Å². The van der Waals surface area contributed by atoms with Gasteiger partial charge in [0.15, 0.2) is 0 Å². The van der Waals surface area contributed by atoms with Crippen LogP contribution in [0.1, 0.15) is 15.9 Å². The zero-order valence-electron chi connectivity index (χ0n) is 10.6. The molecule has 5 nitrogen and oxygen atoms in total. The Morgan fingerprint density at radius 2 is 2.20 bits per heavy atom. The summed E-state index contributed by atoms with van der Waals surface area (Å²) in [7, 11) is 0. The average Bonchev–Trinajstić information content (AvgIpc) is 2.75. The quantitative estimate of drug-likeness (QED) is 0.843. The fraction of sp³-hybridized carbons (Fsp3) is 0.385. The van der Waals surface area contributed by atoms with Crippen molar-refractivity contribution in [3.63, 3.8) is 0 Å². The minimum absolute atomic E-state index is 0.155. The molecule has 0 saturated heterocycles. The molecule has 0 spiro atoms. The largest absolute Gasteiger partial charge is 0.395 e. The predicted molar refractivity (Wildman–Crippen MR) is 67.8 cm³/mol. The van der Waals surface area contributed by atoms with Crippen molar-refractivity contribution < 1.29 is 23.5 Å². The highest BCUT2D eigenvalue weighted by atomic mass is 19.3. The van der Waals surface area contributed by atoms with Crippen molar-refractivity contribution in [2.24, 2.45) is 0 Å². The summed E-state index contributed by atoms with van der Waals surface area (Å²) >= 11 is 0. The van der Waals surface area contributed by atoms with E-state index in [0.717, 1.165) is 4.90 Å². The molecule has 1 aliphatic heterocycles. The Hall–Kier alpha value is -2.02. The second-order valence-electron chi connectivity index (χ2n) is 4.46. The lowest BCUT2D eigenvalue weighted by Gasteiger charge is -2.21. The van der Waals surface area contributed by atoms with Crippen molar-refractivity contribution in [3.8, 4) is 0 Å². The van der Waals surface area contributed by atoms with Crippen LogP contribution in [0, 0.1) is 0 Å². The molecule has 0 bridgehead atoms. The number of anilines is 1. The van der Waals surface area contributed by atoms with Crippen molar-refractivity contribution >= 4 is 17.5 Å². The van der Waals surface area contributed by atoms with Crippen LogP contribution in [-0.4, -0.2) is 47.9 Å². The second kappa shape index (κ2) is 5.96. The molecule has 2 N–H and O–H groups in total. The molecule has 1 heterocycles. The van der Waals surface area contributed by atoms with Crippen LogP contribution in [0.3, 0.4) is 0 Å². The number of carbonyl (C=O) groups excluding carboxylic acids is 2. The number of alkyl halides is 2. The van der Waals surface area contributed by atoms with Crippen LogP contribution in [0.5, 0.6) is 0 Å². The van der Waals surface area contributed by atoms with Gasteiger partial charge in [-0.3, -0.25) is 9.59 Å². The summed E-state index contributed by atoms with van der Waals surface area (Å²) in [5.74, 6) is -0.745. The van der Waals surface area contributed by atoms with Crippen LogP contribution in [0.2, 0.25) is 0 Å². The van der Waals surface area contributed by atoms with E-state index in [9.17, 15) is 18.4 Å². The maximum atomic E-state index is 12.4. The Bertz CT molecular complexity index is 534. The van der Waals surface area contributed by atoms with Gasteiger partial charge in [-0.05, 0) is 23.8 Å². The number of nitrogens with one attached hydrogen (secondary N) is 1. The van der Waals surface area contributed by atoms with Gasteiger partial charge >= 0.3 is 0 Å². The van der Waals surface area contributed by atoms with Gasteiger partial charge in [0.05, 0.1) is 19.6 Å². The molecule has 1 aromatic carbocycles. The predicted octanol–water partition coefficient (Wildman–Crippen LogP) is 0.881. The summed E-state index contributed by atoms with van der Waals surface area (Å²) in [6, 6.07) is 4.57. The normalized spacial score (nSPS) is 13.3. The monoisotopic (exact) mass is 284 g/mol. The first-order valence-corrected chi connectivity index (χ1v) is 6.12. The van der Waals surface area contributed by atoms with Crippen LogP contribution >= 0.6 is 0 Å². The third-order valence-electron chi connectivity index (χ3n) is 2.99. The summed E-state index contributed by atoms with van der Waals surface area (Å²) in [5, 5.41) is 11.5. The van der Waals surface area contributed by atoms with Gasteiger partial charge in [-0.2, -0.15) is 0 Å². The summed E-state index contributed by atoms with van der Waals surface area (Å²) in [4.78, 5) is 24.3. The molecular formula is C13H14F2N2O3. The zero-order valence-corrected chi connectivity index (χ0v) is 10.6. The molecule has 2 rings (SSSR count). The molecule has 1 aromatic rings. The summed E-state index contributed by atoms with van der Waals surface area (Å²) < 4.78 is 24.8. The molecule has 108 valence electrons. The maximum Gasteiger partial charge on any atom is 0.255 e. The van der Waals surface area contributed by atoms with Crippen LogP contribution in [0.4, 0.5) is 14.5 Å². The van der Waals surface area contributed by atoms with Gasteiger partial charge in [0.2, 0.25) is 5.91 Å². The average molecular weight is 284 g/mol. The van der Waals surface area contributed by atoms with Gasteiger partial charge in [0.1, 0.15) is 0 Å². The minimum atomic E-state index is -2.66. The van der Waals surface area contributed by atoms with Crippen LogP contribution < -0.4 is 5.32 Å². The lowest BCUT2D eigenvalue weighted by atomic mass is 10.1. The van der Waals surface area contributed by atoms with Crippen LogP contribution in [0.15, 0.2) is 18.2 Å². The second-order valence-corrected chi connectivity index (χ2v) is 4.46. The van der Waals surface area contributed by atoms with Crippen molar-refractivity contribution in [1.29, 1.82) is 0 Å². The van der Waals surface area contributed by atoms with E-state index in [1.54, 1.807) is 6.07 Å². The number of amides is 2. The lowest BCUT2D eigenvalue weighted by molar-refractivity contribution is -0.115. The Morgan fingerprint density at radius 1 is 1.45 bits per heavy atom. The summed E-state index contributed by atoms with van der Waals surface area (Å²) in [6.07, 6.45) is -2.49. The zero-order chi connectivity index (χ0) is 14.7. The van der Waals surface area contributed by atoms with Gasteiger partial charge in [-0.1, -0.05) is 0 Å². The first kappa shape index (κ1) is 14.4. The van der Waals surface area contributed by atoms with E-state index in [4.69, 9.17) is 5.11 Å². The summed E-state index contributed by atoms with van der Waals surface area (Å²) in [6.45, 7) is -1.27. The third kappa shape index (κ3) is 3.11. The lowest BCUT2D eigenvalue weighted by Crippen LogP contribution is -2.37. The molecule has 0 saturated carbocycles. The van der Waals surface area contributed by atoms with E-state index in [1.165, 1.54) is 12.1 Å². The van der Waals surface area contributed by atoms with E-state index in [2.05, 4.69) is 5.32 Å². The summed E-state index contributed by atoms with van der Waals surface area (Å²) in [5.41, 5.74) is 1.53. The van der Waals surface area contributed by atoms with E-state index in [0.29, 0.717) is 11.3 Å². The van der Waals surface area contributed by atoms with Crippen molar-refractivity contribution in [3.05, 3.63) is 29.3 Å². The SMILES string of the molecule is O=C1Cc2cc(C(=O)N(CCO)CC(F)F)ccc2N1. The van der Waals surface area contributed by atoms with Crippen molar-refractivity contribution in [1.82, 2.24) is 4.90 Å². The minimum Gasteiger partial charge on any atom is -0.395 e. The molecule has 0 atom stereocenters. The number of halogens is 2. The van der Waals surface area contributed by atoms with Gasteiger partial charge in [0.25, 0.3) is 12.3 Å². The molecule has 20 heavy (non-hydrogen) atoms. The fourth-order valence-electron chi connectivity index (χ4n) is 2.11. The molecule has 0 fully saturated rings. The Kier molecular flexibility index (Phi) is 4.29. The number of hydrogen-bond donors (Lipinski definition) is 2. The van der Waals surface area contributed by atoms with Gasteiger partial charge in [0, 0.05) is 17.8 Å². The Morgan fingerprint density at radius 3 is 2.85 bits per heavy atom. The molecule has 0 aromatic heterocycles. The standard InChI is InChI=1S/C13H14F2N2O3/c14-11(15)7-17(3-4-18)13(20)8-1-2-10-9(5-8)6-12(19)16-10/h1-2,5,11,18H,3-4,6-7H2,(H,16,19). The van der Waals surface area contributed by atoms with E-state index < -0.39 is 18.9 Å². The number of aliphatic hydroxyl groups excluding tert-OH is 1. The number of benzene rings is 1. The number of carbonyl (C=O) groups is 2. The Balaban J connectivity index is 2.19. The number of hydrogen-bond acceptors (Lipinski definition) is 3. The highest BCUT2D eigenvalue weighted by Crippen LogP contribution is 2.24. The van der Waals surface area contributed by atoms with Crippen LogP contribution in [0.25, 0.3) is 0 Å². The van der Waals surface area contributed by atoms with E-state index in [1.807, 2.05) is 0 Å². The fourth-order valence-corrected chi connectivity index (χ4v) is 2.11. The van der Waals surface area contributed by atoms with E-state index >= 15 is 0 Å². The van der Waals surface area contributed by atoms with Gasteiger partial charge < -0.3 is 15.3 Å². The molecular weight excluding hydrogens is 270 g/mol. The number of nitrogens with zero attached hydrogens (tertiary/aromatic N) is 1. The first-order chi connectivity index (χ1) is 9.51. The molecule has 0 unspecified atom stereocenters. The van der Waals surface area contributed by atoms with Crippen LogP contribution in [-0.2, 0) is 11.2 Å². The molecule has 0 radical (unpaired) electrons. The molecule has 0 aliphatic carbocycles. The Labute approximate surface area is 114 Å². The number of fused-ring (bicyclic) bond motifs is 1. The maximum absolute atomic E-state index is 12.4. The highest BCUT2D eigenvalue weighted by molar-refractivity contribution is 6.01. The first-order valence-electron chi connectivity index (χ1n) is 6.12. The third-order valence-corrected chi connectivity index (χ3v) is 2.99. The topological polar surface area (TPSA) is 69.6 Å². The highest BCUT2D eigenvalue weighted by Gasteiger charge is 2.23.